The summed E-state index contributed by atoms with van der Waals surface area (Å²) in [6.07, 6.45) is 1.61. The number of ether oxygens (including phenoxy) is 1. The highest BCUT2D eigenvalue weighted by Crippen LogP contribution is 2.20. The predicted octanol–water partition coefficient (Wildman–Crippen LogP) is 3.13. The molecule has 0 aromatic heterocycles. The van der Waals surface area contributed by atoms with Crippen LogP contribution in [0.15, 0.2) is 12.1 Å². The lowest BCUT2D eigenvalue weighted by atomic mass is 10.00. The minimum Gasteiger partial charge on any atom is -0.378 e. The number of benzene rings is 1. The van der Waals surface area contributed by atoms with E-state index < -0.39 is 0 Å². The molecule has 0 bridgehead atoms. The van der Waals surface area contributed by atoms with Gasteiger partial charge in [0, 0.05) is 19.7 Å². The van der Waals surface area contributed by atoms with Gasteiger partial charge in [-0.3, -0.25) is 0 Å². The summed E-state index contributed by atoms with van der Waals surface area (Å²) in [5, 5.41) is 3.58. The molecular weight excluding hydrogens is 222 g/mol. The van der Waals surface area contributed by atoms with Crippen LogP contribution < -0.4 is 5.32 Å². The maximum atomic E-state index is 5.59. The van der Waals surface area contributed by atoms with E-state index in [4.69, 9.17) is 4.74 Å². The third kappa shape index (κ3) is 3.12. The first-order valence-corrected chi connectivity index (χ1v) is 6.97. The number of hydrogen-bond acceptors (Lipinski definition) is 2. The molecule has 1 N–H and O–H groups in total. The van der Waals surface area contributed by atoms with Gasteiger partial charge >= 0.3 is 0 Å². The molecule has 1 heterocycles. The van der Waals surface area contributed by atoms with E-state index in [9.17, 15) is 0 Å². The average Bonchev–Trinajstić information content (AvgIpc) is 2.72. The van der Waals surface area contributed by atoms with Gasteiger partial charge in [0.1, 0.15) is 0 Å². The van der Waals surface area contributed by atoms with Gasteiger partial charge in [0.05, 0.1) is 6.10 Å². The molecule has 0 spiro atoms. The largest absolute Gasteiger partial charge is 0.378 e. The van der Waals surface area contributed by atoms with E-state index in [1.165, 1.54) is 28.7 Å². The summed E-state index contributed by atoms with van der Waals surface area (Å²) in [4.78, 5) is 0. The quantitative estimate of drug-likeness (QED) is 0.882. The van der Waals surface area contributed by atoms with Crippen LogP contribution >= 0.6 is 0 Å². The summed E-state index contributed by atoms with van der Waals surface area (Å²) in [7, 11) is 0. The van der Waals surface area contributed by atoms with Gasteiger partial charge in [-0.2, -0.15) is 0 Å². The molecule has 1 aliphatic heterocycles. The van der Waals surface area contributed by atoms with E-state index >= 15 is 0 Å². The topological polar surface area (TPSA) is 21.3 Å². The van der Waals surface area contributed by atoms with Gasteiger partial charge in [0.25, 0.3) is 0 Å². The highest BCUT2D eigenvalue weighted by Gasteiger charge is 2.23. The van der Waals surface area contributed by atoms with Gasteiger partial charge in [-0.1, -0.05) is 12.1 Å². The van der Waals surface area contributed by atoms with Crippen molar-refractivity contribution in [3.63, 3.8) is 0 Å². The van der Waals surface area contributed by atoms with E-state index in [2.05, 4.69) is 45.1 Å². The van der Waals surface area contributed by atoms with E-state index in [0.29, 0.717) is 12.0 Å². The molecule has 2 unspecified atom stereocenters. The highest BCUT2D eigenvalue weighted by molar-refractivity contribution is 5.36. The summed E-state index contributed by atoms with van der Waals surface area (Å²) in [5.41, 5.74) is 5.58. The number of rotatable bonds is 4. The van der Waals surface area contributed by atoms with Crippen molar-refractivity contribution in [1.29, 1.82) is 0 Å². The minimum atomic E-state index is 0.415. The Morgan fingerprint density at radius 3 is 2.56 bits per heavy atom. The molecule has 2 nitrogen and oxygen atoms in total. The molecule has 2 atom stereocenters. The summed E-state index contributed by atoms with van der Waals surface area (Å²) in [5.74, 6) is 0.678. The van der Waals surface area contributed by atoms with Crippen LogP contribution in [-0.2, 0) is 11.3 Å². The molecule has 0 saturated carbocycles. The smallest absolute Gasteiger partial charge is 0.0588 e. The average molecular weight is 247 g/mol. The molecule has 1 fully saturated rings. The lowest BCUT2D eigenvalue weighted by molar-refractivity contribution is 0.105. The monoisotopic (exact) mass is 247 g/mol. The molecule has 18 heavy (non-hydrogen) atoms. The van der Waals surface area contributed by atoms with Crippen molar-refractivity contribution in [3.8, 4) is 0 Å². The molecule has 0 radical (unpaired) electrons. The first kappa shape index (κ1) is 13.6. The van der Waals surface area contributed by atoms with Crippen molar-refractivity contribution in [2.45, 2.75) is 46.8 Å². The summed E-state index contributed by atoms with van der Waals surface area (Å²) in [6, 6.07) is 4.60. The van der Waals surface area contributed by atoms with Gasteiger partial charge in [0.15, 0.2) is 0 Å². The SMILES string of the molecule is Cc1cc(C)c(CNCC2CCOC2C)cc1C. The Balaban J connectivity index is 1.88. The van der Waals surface area contributed by atoms with E-state index in [0.717, 1.165) is 19.7 Å². The molecule has 2 heteroatoms. The van der Waals surface area contributed by atoms with Crippen LogP contribution in [-0.4, -0.2) is 19.3 Å². The molecule has 1 aromatic carbocycles. The Bertz CT molecular complexity index is 414. The molecule has 2 rings (SSSR count). The van der Waals surface area contributed by atoms with Gasteiger partial charge in [-0.25, -0.2) is 0 Å². The van der Waals surface area contributed by atoms with Gasteiger partial charge in [-0.15, -0.1) is 0 Å². The molecular formula is C16H25NO. The molecule has 1 saturated heterocycles. The third-order valence-electron chi connectivity index (χ3n) is 4.21. The van der Waals surface area contributed by atoms with Crippen molar-refractivity contribution in [3.05, 3.63) is 34.4 Å². The molecule has 0 aliphatic carbocycles. The zero-order valence-corrected chi connectivity index (χ0v) is 12.0. The van der Waals surface area contributed by atoms with Crippen molar-refractivity contribution >= 4 is 0 Å². The number of hydrogen-bond donors (Lipinski definition) is 1. The van der Waals surface area contributed by atoms with Crippen molar-refractivity contribution in [1.82, 2.24) is 5.32 Å². The summed E-state index contributed by atoms with van der Waals surface area (Å²) in [6.45, 7) is 11.7. The Hall–Kier alpha value is -0.860. The summed E-state index contributed by atoms with van der Waals surface area (Å²) < 4.78 is 5.59. The van der Waals surface area contributed by atoms with E-state index in [-0.39, 0.29) is 0 Å². The second-order valence-electron chi connectivity index (χ2n) is 5.62. The fraction of sp³-hybridized carbons (Fsp3) is 0.625. The van der Waals surface area contributed by atoms with Crippen molar-refractivity contribution < 1.29 is 4.74 Å². The first-order chi connectivity index (χ1) is 8.58. The van der Waals surface area contributed by atoms with Crippen LogP contribution in [0.1, 0.15) is 35.6 Å². The van der Waals surface area contributed by atoms with Crippen LogP contribution in [0.25, 0.3) is 0 Å². The second-order valence-corrected chi connectivity index (χ2v) is 5.62. The minimum absolute atomic E-state index is 0.415. The number of aryl methyl sites for hydroxylation is 3. The van der Waals surface area contributed by atoms with Crippen LogP contribution in [0.3, 0.4) is 0 Å². The normalized spacial score (nSPS) is 23.6. The predicted molar refractivity (Wildman–Crippen MR) is 75.9 cm³/mol. The van der Waals surface area contributed by atoms with Crippen molar-refractivity contribution in [2.24, 2.45) is 5.92 Å². The van der Waals surface area contributed by atoms with Gasteiger partial charge in [-0.05, 0) is 62.3 Å². The van der Waals surface area contributed by atoms with Gasteiger partial charge < -0.3 is 10.1 Å². The Morgan fingerprint density at radius 2 is 1.89 bits per heavy atom. The molecule has 1 aromatic rings. The maximum Gasteiger partial charge on any atom is 0.0588 e. The maximum absolute atomic E-state index is 5.59. The van der Waals surface area contributed by atoms with E-state index in [1.807, 2.05) is 0 Å². The second kappa shape index (κ2) is 5.85. The van der Waals surface area contributed by atoms with E-state index in [1.54, 1.807) is 0 Å². The third-order valence-corrected chi connectivity index (χ3v) is 4.21. The highest BCUT2D eigenvalue weighted by atomic mass is 16.5. The van der Waals surface area contributed by atoms with Crippen molar-refractivity contribution in [2.75, 3.05) is 13.2 Å². The summed E-state index contributed by atoms with van der Waals surface area (Å²) >= 11 is 0. The lowest BCUT2D eigenvalue weighted by Crippen LogP contribution is -2.26. The number of nitrogens with one attached hydrogen (secondary N) is 1. The zero-order valence-electron chi connectivity index (χ0n) is 12.0. The van der Waals surface area contributed by atoms with Crippen LogP contribution in [0.2, 0.25) is 0 Å². The Labute approximate surface area is 111 Å². The van der Waals surface area contributed by atoms with Gasteiger partial charge in [0.2, 0.25) is 0 Å². The Kier molecular flexibility index (Phi) is 4.41. The molecule has 1 aliphatic rings. The first-order valence-electron chi connectivity index (χ1n) is 6.97. The Morgan fingerprint density at radius 1 is 1.17 bits per heavy atom. The fourth-order valence-electron chi connectivity index (χ4n) is 2.65. The standard InChI is InChI=1S/C16H25NO/c1-11-7-13(3)16(8-12(11)2)10-17-9-15-5-6-18-14(15)4/h7-8,14-15,17H,5-6,9-10H2,1-4H3. The molecule has 100 valence electrons. The zero-order chi connectivity index (χ0) is 13.1. The van der Waals surface area contributed by atoms with Crippen LogP contribution in [0.5, 0.6) is 0 Å². The van der Waals surface area contributed by atoms with Crippen LogP contribution in [0, 0.1) is 26.7 Å². The fourth-order valence-corrected chi connectivity index (χ4v) is 2.65. The molecule has 0 amide bonds. The lowest BCUT2D eigenvalue weighted by Gasteiger charge is -2.16. The van der Waals surface area contributed by atoms with Crippen LogP contribution in [0.4, 0.5) is 0 Å².